The molecule has 0 N–H and O–H groups in total. The second-order valence-electron chi connectivity index (χ2n) is 1.92. The molecule has 12 heavy (non-hydrogen) atoms. The molecule has 2 rings (SSSR count). The van der Waals surface area contributed by atoms with Crippen LogP contribution in [0.5, 0.6) is 0 Å². The summed E-state index contributed by atoms with van der Waals surface area (Å²) in [6.07, 6.45) is 20.0. The van der Waals surface area contributed by atoms with Crippen LogP contribution in [0.1, 0.15) is 0 Å². The summed E-state index contributed by atoms with van der Waals surface area (Å²) >= 11 is 0. The zero-order chi connectivity index (χ0) is 7.07. The largest absolute Gasteiger partial charge is 4.00 e. The predicted molar refractivity (Wildman–Crippen MR) is 43.0 cm³/mol. The van der Waals surface area contributed by atoms with Gasteiger partial charge in [0.25, 0.3) is 0 Å². The average Bonchev–Trinajstić information content (AvgIpc) is 2.67. The molecule has 2 heteroatoms. The Balaban J connectivity index is 0. The minimum Gasteiger partial charge on any atom is -1.00 e. The second kappa shape index (κ2) is 12.0. The zero-order valence-corrected chi connectivity index (χ0v) is 9.32. The SMILES string of the molecule is [CH]1[CH][CH][CH][CH]1.[CH]1[CH][CH][CH][CH]1.[Cl-].[Mo+4]. The molecule has 0 heterocycles. The molecule has 0 spiro atoms. The Morgan fingerprint density at radius 2 is 0.417 bits per heavy atom. The standard InChI is InChI=1S/2C5H5.ClH.Mo/c2*1-2-4-5-3-1;;/h2*1-5H;1H;/q;;;+4/p-1. The van der Waals surface area contributed by atoms with Gasteiger partial charge in [-0.15, -0.1) is 0 Å². The van der Waals surface area contributed by atoms with Crippen molar-refractivity contribution in [2.75, 3.05) is 0 Å². The minimum atomic E-state index is 0. The van der Waals surface area contributed by atoms with Crippen LogP contribution in [0.25, 0.3) is 0 Å². The van der Waals surface area contributed by atoms with Gasteiger partial charge in [-0.05, 0) is 64.2 Å². The number of hydrogen-bond donors (Lipinski definition) is 0. The van der Waals surface area contributed by atoms with Gasteiger partial charge in [-0.3, -0.25) is 0 Å². The average molecular weight is 262 g/mol. The van der Waals surface area contributed by atoms with Crippen molar-refractivity contribution in [3.63, 3.8) is 0 Å². The van der Waals surface area contributed by atoms with E-state index in [1.807, 2.05) is 64.2 Å². The Morgan fingerprint density at radius 3 is 0.500 bits per heavy atom. The summed E-state index contributed by atoms with van der Waals surface area (Å²) in [6, 6.07) is 0. The summed E-state index contributed by atoms with van der Waals surface area (Å²) in [4.78, 5) is 0. The molecule has 0 amide bonds. The fourth-order valence-electron chi connectivity index (χ4n) is 0.642. The first kappa shape index (κ1) is 15.5. The molecule has 0 nitrogen and oxygen atoms in total. The summed E-state index contributed by atoms with van der Waals surface area (Å²) in [5.41, 5.74) is 0. The van der Waals surface area contributed by atoms with E-state index in [0.29, 0.717) is 0 Å². The normalized spacial score (nSPS) is 20.0. The maximum absolute atomic E-state index is 2.00. The van der Waals surface area contributed by atoms with Crippen LogP contribution < -0.4 is 12.4 Å². The smallest absolute Gasteiger partial charge is 1.00 e. The molecule has 0 aromatic carbocycles. The first-order valence-electron chi connectivity index (χ1n) is 3.33. The third-order valence-electron chi connectivity index (χ3n) is 1.11. The van der Waals surface area contributed by atoms with Crippen LogP contribution in [0.2, 0.25) is 0 Å². The Kier molecular flexibility index (Phi) is 15.4. The van der Waals surface area contributed by atoms with E-state index < -0.39 is 0 Å². The molecule has 2 aliphatic carbocycles. The van der Waals surface area contributed by atoms with Crippen molar-refractivity contribution >= 4 is 0 Å². The summed E-state index contributed by atoms with van der Waals surface area (Å²) in [6.45, 7) is 0. The van der Waals surface area contributed by atoms with Crippen LogP contribution in [0, 0.1) is 64.2 Å². The maximum atomic E-state index is 2.00. The molecule has 0 aromatic rings. The molecule has 0 unspecified atom stereocenters. The molecule has 10 radical (unpaired) electrons. The van der Waals surface area contributed by atoms with E-state index in [-0.39, 0.29) is 33.5 Å². The predicted octanol–water partition coefficient (Wildman–Crippen LogP) is -0.956. The van der Waals surface area contributed by atoms with Gasteiger partial charge in [0.2, 0.25) is 0 Å². The van der Waals surface area contributed by atoms with Gasteiger partial charge in [-0.25, -0.2) is 0 Å². The fourth-order valence-corrected chi connectivity index (χ4v) is 0.642. The van der Waals surface area contributed by atoms with Gasteiger partial charge in [0.15, 0.2) is 0 Å². The first-order valence-corrected chi connectivity index (χ1v) is 3.33. The molecule has 60 valence electrons. The minimum absolute atomic E-state index is 0. The molecule has 0 aromatic heterocycles. The zero-order valence-electron chi connectivity index (χ0n) is 6.56. The van der Waals surface area contributed by atoms with Crippen molar-refractivity contribution in [3.8, 4) is 0 Å². The summed E-state index contributed by atoms with van der Waals surface area (Å²) in [5, 5.41) is 0. The van der Waals surface area contributed by atoms with Gasteiger partial charge < -0.3 is 12.4 Å². The number of hydrogen-bond acceptors (Lipinski definition) is 0. The van der Waals surface area contributed by atoms with Gasteiger partial charge in [-0.2, -0.15) is 0 Å². The third-order valence-corrected chi connectivity index (χ3v) is 1.11. The van der Waals surface area contributed by atoms with E-state index in [0.717, 1.165) is 0 Å². The Hall–Kier alpha value is 0.978. The van der Waals surface area contributed by atoms with E-state index in [1.54, 1.807) is 0 Å². The molecule has 2 aliphatic rings. The maximum Gasteiger partial charge on any atom is 4.00 e. The molecule has 0 saturated heterocycles. The van der Waals surface area contributed by atoms with Crippen LogP contribution in [0.15, 0.2) is 0 Å². The third kappa shape index (κ3) is 9.07. The van der Waals surface area contributed by atoms with Crippen LogP contribution in [0.4, 0.5) is 0 Å². The van der Waals surface area contributed by atoms with Crippen molar-refractivity contribution in [3.05, 3.63) is 64.2 Å². The monoisotopic (exact) mass is 263 g/mol. The van der Waals surface area contributed by atoms with E-state index in [1.165, 1.54) is 0 Å². The van der Waals surface area contributed by atoms with Crippen molar-refractivity contribution in [2.24, 2.45) is 0 Å². The molecule has 2 fully saturated rings. The quantitative estimate of drug-likeness (QED) is 0.493. The van der Waals surface area contributed by atoms with Gasteiger partial charge >= 0.3 is 21.1 Å². The number of rotatable bonds is 0. The number of halogens is 1. The second-order valence-corrected chi connectivity index (χ2v) is 1.92. The van der Waals surface area contributed by atoms with Crippen molar-refractivity contribution in [1.29, 1.82) is 0 Å². The topological polar surface area (TPSA) is 0 Å². The van der Waals surface area contributed by atoms with Gasteiger partial charge in [0.1, 0.15) is 0 Å². The Bertz CT molecular complexity index is 43.0. The van der Waals surface area contributed by atoms with E-state index in [2.05, 4.69) is 0 Å². The fraction of sp³-hybridized carbons (Fsp3) is 0. The van der Waals surface area contributed by atoms with E-state index in [4.69, 9.17) is 0 Å². The molecule has 0 atom stereocenters. The Morgan fingerprint density at radius 1 is 0.333 bits per heavy atom. The summed E-state index contributed by atoms with van der Waals surface area (Å²) in [5.74, 6) is 0. The molecule has 0 aliphatic heterocycles. The van der Waals surface area contributed by atoms with Gasteiger partial charge in [0.05, 0.1) is 0 Å². The van der Waals surface area contributed by atoms with Crippen molar-refractivity contribution < 1.29 is 33.5 Å². The van der Waals surface area contributed by atoms with Crippen LogP contribution in [0.3, 0.4) is 0 Å². The summed E-state index contributed by atoms with van der Waals surface area (Å²) < 4.78 is 0. The van der Waals surface area contributed by atoms with Crippen LogP contribution in [-0.2, 0) is 21.1 Å². The molecular weight excluding hydrogens is 252 g/mol. The van der Waals surface area contributed by atoms with Crippen LogP contribution >= 0.6 is 0 Å². The molecular formula is C10H10ClMo+3. The van der Waals surface area contributed by atoms with Gasteiger partial charge in [0, 0.05) is 0 Å². The first-order chi connectivity index (χ1) is 5.00. The van der Waals surface area contributed by atoms with Crippen LogP contribution in [-0.4, -0.2) is 0 Å². The van der Waals surface area contributed by atoms with E-state index >= 15 is 0 Å². The van der Waals surface area contributed by atoms with Crippen molar-refractivity contribution in [2.45, 2.75) is 0 Å². The van der Waals surface area contributed by atoms with Gasteiger partial charge in [-0.1, -0.05) is 0 Å². The van der Waals surface area contributed by atoms with Crippen molar-refractivity contribution in [1.82, 2.24) is 0 Å². The Labute approximate surface area is 97.6 Å². The summed E-state index contributed by atoms with van der Waals surface area (Å²) in [7, 11) is 0. The van der Waals surface area contributed by atoms with E-state index in [9.17, 15) is 0 Å². The molecule has 0 bridgehead atoms. The molecule has 2 saturated carbocycles.